The Balaban J connectivity index is 2.13. The zero-order valence-electron chi connectivity index (χ0n) is 15.4. The van der Waals surface area contributed by atoms with Crippen LogP contribution in [0.1, 0.15) is 25.0 Å². The fourth-order valence-corrected chi connectivity index (χ4v) is 3.87. The molecule has 2 aromatic rings. The van der Waals surface area contributed by atoms with E-state index in [4.69, 9.17) is 4.74 Å². The van der Waals surface area contributed by atoms with Crippen molar-refractivity contribution in [2.75, 3.05) is 12.4 Å². The van der Waals surface area contributed by atoms with Gasteiger partial charge in [0.1, 0.15) is 10.6 Å². The van der Waals surface area contributed by atoms with Gasteiger partial charge in [0.15, 0.2) is 0 Å². The molecule has 0 saturated carbocycles. The van der Waals surface area contributed by atoms with Crippen molar-refractivity contribution in [3.8, 4) is 5.75 Å². The van der Waals surface area contributed by atoms with Gasteiger partial charge in [-0.3, -0.25) is 4.79 Å². The first-order valence-corrected chi connectivity index (χ1v) is 9.82. The number of carbonyl (C=O) groups is 1. The average molecular weight is 376 g/mol. The van der Waals surface area contributed by atoms with Crippen LogP contribution in [0.25, 0.3) is 0 Å². The molecule has 2 aromatic carbocycles. The second kappa shape index (κ2) is 8.33. The number of hydrogen-bond donors (Lipinski definition) is 2. The zero-order chi connectivity index (χ0) is 19.3. The van der Waals surface area contributed by atoms with Gasteiger partial charge in [-0.25, -0.2) is 8.42 Å². The van der Waals surface area contributed by atoms with E-state index in [1.807, 2.05) is 19.1 Å². The van der Waals surface area contributed by atoms with Gasteiger partial charge < -0.3 is 10.1 Å². The molecule has 0 radical (unpaired) electrons. The highest BCUT2D eigenvalue weighted by Gasteiger charge is 2.25. The van der Waals surface area contributed by atoms with Crippen molar-refractivity contribution < 1.29 is 17.9 Å². The fraction of sp³-hybridized carbons (Fsp3) is 0.316. The molecule has 2 N–H and O–H groups in total. The van der Waals surface area contributed by atoms with E-state index >= 15 is 0 Å². The van der Waals surface area contributed by atoms with Crippen LogP contribution in [0.5, 0.6) is 5.75 Å². The third kappa shape index (κ3) is 4.83. The zero-order valence-corrected chi connectivity index (χ0v) is 16.2. The normalized spacial score (nSPS) is 12.5. The van der Waals surface area contributed by atoms with Gasteiger partial charge >= 0.3 is 0 Å². The first kappa shape index (κ1) is 19.9. The van der Waals surface area contributed by atoms with E-state index in [2.05, 4.69) is 10.0 Å². The quantitative estimate of drug-likeness (QED) is 0.778. The Hall–Kier alpha value is -2.38. The molecule has 1 amide bonds. The minimum absolute atomic E-state index is 0.00643. The number of carbonyl (C=O) groups excluding carboxylic acids is 1. The number of rotatable bonds is 7. The second-order valence-electron chi connectivity index (χ2n) is 6.04. The Morgan fingerprint density at radius 2 is 1.81 bits per heavy atom. The lowest BCUT2D eigenvalue weighted by Gasteiger charge is -2.16. The molecule has 140 valence electrons. The molecule has 0 fully saturated rings. The van der Waals surface area contributed by atoms with Gasteiger partial charge in [0, 0.05) is 5.69 Å². The van der Waals surface area contributed by atoms with Gasteiger partial charge in [-0.05, 0) is 55.7 Å². The van der Waals surface area contributed by atoms with E-state index < -0.39 is 22.0 Å². The van der Waals surface area contributed by atoms with Gasteiger partial charge in [0.05, 0.1) is 13.2 Å². The highest BCUT2D eigenvalue weighted by atomic mass is 32.2. The SMILES string of the molecule is CCc1ccc(NC(=O)[C@@H](C)NS(=O)(=O)c2cc(C)ccc2OC)cc1. The van der Waals surface area contributed by atoms with Gasteiger partial charge in [-0.2, -0.15) is 4.72 Å². The summed E-state index contributed by atoms with van der Waals surface area (Å²) in [7, 11) is -2.51. The number of sulfonamides is 1. The van der Waals surface area contributed by atoms with Gasteiger partial charge in [-0.15, -0.1) is 0 Å². The summed E-state index contributed by atoms with van der Waals surface area (Å²) in [6.45, 7) is 5.33. The molecule has 6 nitrogen and oxygen atoms in total. The predicted molar refractivity (Wildman–Crippen MR) is 102 cm³/mol. The maximum absolute atomic E-state index is 12.6. The molecular formula is C19H24N2O4S. The van der Waals surface area contributed by atoms with Crippen molar-refractivity contribution in [1.82, 2.24) is 4.72 Å². The van der Waals surface area contributed by atoms with E-state index in [-0.39, 0.29) is 10.6 Å². The Labute approximate surface area is 154 Å². The maximum Gasteiger partial charge on any atom is 0.244 e. The van der Waals surface area contributed by atoms with Crippen molar-refractivity contribution in [2.45, 2.75) is 38.1 Å². The van der Waals surface area contributed by atoms with Crippen LogP contribution in [0.15, 0.2) is 47.4 Å². The van der Waals surface area contributed by atoms with Crippen LogP contribution in [0.3, 0.4) is 0 Å². The second-order valence-corrected chi connectivity index (χ2v) is 7.72. The summed E-state index contributed by atoms with van der Waals surface area (Å²) < 4.78 is 32.8. The molecule has 2 rings (SSSR count). The predicted octanol–water partition coefficient (Wildman–Crippen LogP) is 2.87. The number of nitrogens with one attached hydrogen (secondary N) is 2. The molecule has 7 heteroatoms. The minimum Gasteiger partial charge on any atom is -0.495 e. The number of methoxy groups -OCH3 is 1. The van der Waals surface area contributed by atoms with Crippen molar-refractivity contribution in [3.63, 3.8) is 0 Å². The van der Waals surface area contributed by atoms with Gasteiger partial charge in [-0.1, -0.05) is 25.1 Å². The molecule has 0 spiro atoms. The highest BCUT2D eigenvalue weighted by molar-refractivity contribution is 7.89. The molecular weight excluding hydrogens is 352 g/mol. The number of ether oxygens (including phenoxy) is 1. The third-order valence-corrected chi connectivity index (χ3v) is 5.53. The van der Waals surface area contributed by atoms with Crippen molar-refractivity contribution in [1.29, 1.82) is 0 Å². The summed E-state index contributed by atoms with van der Waals surface area (Å²) in [5.74, 6) is -0.213. The summed E-state index contributed by atoms with van der Waals surface area (Å²) in [4.78, 5) is 12.3. The fourth-order valence-electron chi connectivity index (χ4n) is 2.42. The van der Waals surface area contributed by atoms with Crippen LogP contribution >= 0.6 is 0 Å². The summed E-state index contributed by atoms with van der Waals surface area (Å²) in [6, 6.07) is 11.3. The smallest absolute Gasteiger partial charge is 0.244 e. The monoisotopic (exact) mass is 376 g/mol. The molecule has 0 saturated heterocycles. The number of anilines is 1. The third-order valence-electron chi connectivity index (χ3n) is 3.96. The first-order chi connectivity index (χ1) is 12.3. The topological polar surface area (TPSA) is 84.5 Å². The maximum atomic E-state index is 12.6. The van der Waals surface area contributed by atoms with Crippen LogP contribution < -0.4 is 14.8 Å². The number of aryl methyl sites for hydroxylation is 2. The highest BCUT2D eigenvalue weighted by Crippen LogP contribution is 2.24. The average Bonchev–Trinajstić information content (AvgIpc) is 2.62. The molecule has 0 aliphatic carbocycles. The molecule has 1 atom stereocenters. The summed E-state index contributed by atoms with van der Waals surface area (Å²) in [5.41, 5.74) is 2.55. The van der Waals surface area contributed by atoms with Crippen LogP contribution in [-0.2, 0) is 21.2 Å². The molecule has 0 bridgehead atoms. The first-order valence-electron chi connectivity index (χ1n) is 8.33. The Morgan fingerprint density at radius 1 is 1.15 bits per heavy atom. The Bertz CT molecular complexity index is 877. The van der Waals surface area contributed by atoms with E-state index in [1.165, 1.54) is 20.1 Å². The minimum atomic E-state index is -3.91. The van der Waals surface area contributed by atoms with E-state index in [1.54, 1.807) is 31.2 Å². The van der Waals surface area contributed by atoms with Crippen molar-refractivity contribution in [2.24, 2.45) is 0 Å². The molecule has 0 aliphatic heterocycles. The molecule has 0 unspecified atom stereocenters. The van der Waals surface area contributed by atoms with E-state index in [0.717, 1.165) is 17.5 Å². The summed E-state index contributed by atoms with van der Waals surface area (Å²) >= 11 is 0. The molecule has 26 heavy (non-hydrogen) atoms. The van der Waals surface area contributed by atoms with Crippen molar-refractivity contribution >= 4 is 21.6 Å². The molecule has 0 aromatic heterocycles. The molecule has 0 aliphatic rings. The lowest BCUT2D eigenvalue weighted by molar-refractivity contribution is -0.117. The lowest BCUT2D eigenvalue weighted by atomic mass is 10.1. The van der Waals surface area contributed by atoms with Crippen LogP contribution in [0.2, 0.25) is 0 Å². The molecule has 0 heterocycles. The van der Waals surface area contributed by atoms with Gasteiger partial charge in [0.2, 0.25) is 15.9 Å². The van der Waals surface area contributed by atoms with Crippen LogP contribution in [-0.4, -0.2) is 27.5 Å². The number of hydrogen-bond acceptors (Lipinski definition) is 4. The van der Waals surface area contributed by atoms with Crippen LogP contribution in [0.4, 0.5) is 5.69 Å². The number of amides is 1. The standard InChI is InChI=1S/C19H24N2O4S/c1-5-15-7-9-16(10-8-15)20-19(22)14(3)21-26(23,24)18-12-13(2)6-11-17(18)25-4/h6-12,14,21H,5H2,1-4H3,(H,20,22)/t14-/m1/s1. The summed E-state index contributed by atoms with van der Waals surface area (Å²) in [5, 5.41) is 2.71. The summed E-state index contributed by atoms with van der Waals surface area (Å²) in [6.07, 6.45) is 0.906. The Kier molecular flexibility index (Phi) is 6.39. The van der Waals surface area contributed by atoms with E-state index in [9.17, 15) is 13.2 Å². The largest absolute Gasteiger partial charge is 0.495 e. The number of benzene rings is 2. The van der Waals surface area contributed by atoms with Crippen molar-refractivity contribution in [3.05, 3.63) is 53.6 Å². The van der Waals surface area contributed by atoms with E-state index in [0.29, 0.717) is 5.69 Å². The Morgan fingerprint density at radius 3 is 2.38 bits per heavy atom. The van der Waals surface area contributed by atoms with Crippen LogP contribution in [0, 0.1) is 6.92 Å². The lowest BCUT2D eigenvalue weighted by Crippen LogP contribution is -2.41. The van der Waals surface area contributed by atoms with Gasteiger partial charge in [0.25, 0.3) is 0 Å².